The van der Waals surface area contributed by atoms with Gasteiger partial charge in [-0.3, -0.25) is 14.5 Å². The molecule has 1 unspecified atom stereocenters. The van der Waals surface area contributed by atoms with Crippen molar-refractivity contribution in [1.29, 1.82) is 0 Å². The van der Waals surface area contributed by atoms with Gasteiger partial charge in [-0.1, -0.05) is 0 Å². The van der Waals surface area contributed by atoms with Crippen LogP contribution in [0.3, 0.4) is 0 Å². The van der Waals surface area contributed by atoms with E-state index >= 15 is 0 Å². The average molecular weight is 274 g/mol. The predicted octanol–water partition coefficient (Wildman–Crippen LogP) is 0.611. The van der Waals surface area contributed by atoms with E-state index in [2.05, 4.69) is 10.1 Å². The first-order chi connectivity index (χ1) is 8.29. The summed E-state index contributed by atoms with van der Waals surface area (Å²) in [5, 5.41) is 2.30. The maximum absolute atomic E-state index is 11.8. The number of urea groups is 1. The molecule has 0 aromatic carbocycles. The molecule has 18 heavy (non-hydrogen) atoms. The number of hydrogen-bond donors (Lipinski definition) is 1. The molecule has 102 valence electrons. The van der Waals surface area contributed by atoms with E-state index in [1.54, 1.807) is 20.8 Å². The van der Waals surface area contributed by atoms with Crippen LogP contribution in [0.15, 0.2) is 0 Å². The van der Waals surface area contributed by atoms with Gasteiger partial charge in [0.05, 0.1) is 12.4 Å². The van der Waals surface area contributed by atoms with Gasteiger partial charge in [-0.2, -0.15) is 0 Å². The number of thioether (sulfide) groups is 1. The van der Waals surface area contributed by atoms with Crippen LogP contribution in [0.4, 0.5) is 4.79 Å². The summed E-state index contributed by atoms with van der Waals surface area (Å²) in [5.74, 6) is -0.0396. The van der Waals surface area contributed by atoms with Gasteiger partial charge in [0, 0.05) is 12.3 Å². The van der Waals surface area contributed by atoms with Crippen molar-refractivity contribution >= 4 is 29.7 Å². The van der Waals surface area contributed by atoms with Crippen LogP contribution in [-0.4, -0.2) is 53.0 Å². The fourth-order valence-corrected chi connectivity index (χ4v) is 2.45. The van der Waals surface area contributed by atoms with Crippen LogP contribution in [-0.2, 0) is 14.3 Å². The van der Waals surface area contributed by atoms with Crippen molar-refractivity contribution in [3.05, 3.63) is 0 Å². The molecule has 1 saturated heterocycles. The molecule has 1 aliphatic rings. The Morgan fingerprint density at radius 2 is 2.11 bits per heavy atom. The van der Waals surface area contributed by atoms with Crippen LogP contribution in [0.2, 0.25) is 0 Å². The largest absolute Gasteiger partial charge is 0.468 e. The molecule has 7 heteroatoms. The number of nitrogens with one attached hydrogen (secondary N) is 1. The second-order valence-corrected chi connectivity index (χ2v) is 6.00. The molecule has 1 rings (SSSR count). The van der Waals surface area contributed by atoms with Crippen molar-refractivity contribution < 1.29 is 19.1 Å². The minimum atomic E-state index is -0.838. The standard InChI is InChI=1S/C11H18N2O4S/c1-7(8(14)17-4)18-6-5-13-9(15)11(2,3)12-10(13)16/h7H,5-6H2,1-4H3,(H,12,16). The minimum absolute atomic E-state index is 0.237. The normalized spacial score (nSPS) is 19.7. The fraction of sp³-hybridized carbons (Fsp3) is 0.727. The summed E-state index contributed by atoms with van der Waals surface area (Å²) in [6, 6.07) is -0.378. The first kappa shape index (κ1) is 14.8. The molecule has 1 N–H and O–H groups in total. The van der Waals surface area contributed by atoms with Crippen molar-refractivity contribution in [3.63, 3.8) is 0 Å². The summed E-state index contributed by atoms with van der Waals surface area (Å²) >= 11 is 1.35. The van der Waals surface area contributed by atoms with Crippen LogP contribution in [0.1, 0.15) is 20.8 Å². The Balaban J connectivity index is 2.43. The van der Waals surface area contributed by atoms with E-state index in [1.807, 2.05) is 0 Å². The Bertz CT molecular complexity index is 370. The SMILES string of the molecule is COC(=O)C(C)SCCN1C(=O)NC(C)(C)C1=O. The third kappa shape index (κ3) is 3.16. The topological polar surface area (TPSA) is 75.7 Å². The molecule has 1 heterocycles. The van der Waals surface area contributed by atoms with E-state index in [9.17, 15) is 14.4 Å². The Morgan fingerprint density at radius 1 is 1.50 bits per heavy atom. The van der Waals surface area contributed by atoms with Gasteiger partial charge in [-0.25, -0.2) is 4.79 Å². The zero-order valence-corrected chi connectivity index (χ0v) is 11.8. The number of hydrogen-bond acceptors (Lipinski definition) is 5. The summed E-state index contributed by atoms with van der Waals surface area (Å²) in [7, 11) is 1.33. The van der Waals surface area contributed by atoms with Crippen LogP contribution in [0, 0.1) is 0 Å². The lowest BCUT2D eigenvalue weighted by molar-refractivity contribution is -0.139. The molecule has 6 nitrogen and oxygen atoms in total. The lowest BCUT2D eigenvalue weighted by Crippen LogP contribution is -2.40. The van der Waals surface area contributed by atoms with Gasteiger partial charge >= 0.3 is 12.0 Å². The van der Waals surface area contributed by atoms with E-state index in [4.69, 9.17) is 0 Å². The van der Waals surface area contributed by atoms with E-state index in [0.717, 1.165) is 0 Å². The van der Waals surface area contributed by atoms with E-state index in [-0.39, 0.29) is 23.2 Å². The molecular weight excluding hydrogens is 256 g/mol. The molecule has 0 radical (unpaired) electrons. The average Bonchev–Trinajstić information content (AvgIpc) is 2.49. The predicted molar refractivity (Wildman–Crippen MR) is 68.3 cm³/mol. The maximum Gasteiger partial charge on any atom is 0.325 e. The monoisotopic (exact) mass is 274 g/mol. The van der Waals surface area contributed by atoms with Crippen molar-refractivity contribution in [2.45, 2.75) is 31.6 Å². The molecule has 0 saturated carbocycles. The Kier molecular flexibility index (Phi) is 4.61. The smallest absolute Gasteiger partial charge is 0.325 e. The number of esters is 1. The van der Waals surface area contributed by atoms with Gasteiger partial charge in [0.25, 0.3) is 5.91 Å². The summed E-state index contributed by atoms with van der Waals surface area (Å²) in [6.45, 7) is 5.35. The molecule has 0 aromatic heterocycles. The molecule has 1 aliphatic heterocycles. The van der Waals surface area contributed by atoms with Crippen molar-refractivity contribution in [2.24, 2.45) is 0 Å². The first-order valence-corrected chi connectivity index (χ1v) is 6.68. The van der Waals surface area contributed by atoms with Crippen LogP contribution in [0.5, 0.6) is 0 Å². The van der Waals surface area contributed by atoms with Crippen LogP contribution in [0.25, 0.3) is 0 Å². The summed E-state index contributed by atoms with van der Waals surface area (Å²) in [5.41, 5.74) is -0.838. The third-order valence-electron chi connectivity index (χ3n) is 2.66. The van der Waals surface area contributed by atoms with Crippen molar-refractivity contribution in [2.75, 3.05) is 19.4 Å². The van der Waals surface area contributed by atoms with Gasteiger partial charge in [0.1, 0.15) is 5.54 Å². The molecule has 1 atom stereocenters. The van der Waals surface area contributed by atoms with E-state index in [0.29, 0.717) is 12.3 Å². The first-order valence-electron chi connectivity index (χ1n) is 5.63. The number of methoxy groups -OCH3 is 1. The molecule has 0 bridgehead atoms. The Labute approximate surface area is 110 Å². The molecule has 3 amide bonds. The zero-order chi connectivity index (χ0) is 13.9. The second kappa shape index (κ2) is 5.60. The van der Waals surface area contributed by atoms with E-state index in [1.165, 1.54) is 23.8 Å². The summed E-state index contributed by atoms with van der Waals surface area (Å²) in [4.78, 5) is 35.7. The van der Waals surface area contributed by atoms with Gasteiger partial charge < -0.3 is 10.1 Å². The van der Waals surface area contributed by atoms with Crippen molar-refractivity contribution in [3.8, 4) is 0 Å². The fourth-order valence-electron chi connectivity index (χ4n) is 1.58. The lowest BCUT2D eigenvalue weighted by atomic mass is 10.1. The third-order valence-corrected chi connectivity index (χ3v) is 3.77. The van der Waals surface area contributed by atoms with Gasteiger partial charge in [0.2, 0.25) is 0 Å². The van der Waals surface area contributed by atoms with Crippen LogP contribution < -0.4 is 5.32 Å². The van der Waals surface area contributed by atoms with Gasteiger partial charge in [-0.05, 0) is 20.8 Å². The quantitative estimate of drug-likeness (QED) is 0.587. The highest BCUT2D eigenvalue weighted by molar-refractivity contribution is 8.00. The van der Waals surface area contributed by atoms with Crippen LogP contribution >= 0.6 is 11.8 Å². The zero-order valence-electron chi connectivity index (χ0n) is 11.0. The van der Waals surface area contributed by atoms with Gasteiger partial charge in [0.15, 0.2) is 0 Å². The highest BCUT2D eigenvalue weighted by Gasteiger charge is 2.43. The number of rotatable bonds is 5. The summed E-state index contributed by atoms with van der Waals surface area (Å²) in [6.07, 6.45) is 0. The van der Waals surface area contributed by atoms with Crippen molar-refractivity contribution in [1.82, 2.24) is 10.2 Å². The maximum atomic E-state index is 11.8. The molecule has 1 fully saturated rings. The molecule has 0 aromatic rings. The molecular formula is C11H18N2O4S. The minimum Gasteiger partial charge on any atom is -0.468 e. The lowest BCUT2D eigenvalue weighted by Gasteiger charge is -2.16. The second-order valence-electron chi connectivity index (χ2n) is 4.55. The molecule has 0 aliphatic carbocycles. The van der Waals surface area contributed by atoms with Gasteiger partial charge in [-0.15, -0.1) is 11.8 Å². The Hall–Kier alpha value is -1.24. The number of amides is 3. The molecule has 0 spiro atoms. The Morgan fingerprint density at radius 3 is 2.56 bits per heavy atom. The highest BCUT2D eigenvalue weighted by atomic mass is 32.2. The number of imide groups is 1. The highest BCUT2D eigenvalue weighted by Crippen LogP contribution is 2.18. The number of carbonyl (C=O) groups excluding carboxylic acids is 3. The summed E-state index contributed by atoms with van der Waals surface area (Å²) < 4.78 is 4.59. The van der Waals surface area contributed by atoms with E-state index < -0.39 is 5.54 Å². The number of nitrogens with zero attached hydrogens (tertiary/aromatic N) is 1. The number of ether oxygens (including phenoxy) is 1. The number of carbonyl (C=O) groups is 3.